The number of unbranched alkanes of at least 4 members (excludes halogenated alkanes) is 1. The molecule has 1 amide bonds. The van der Waals surface area contributed by atoms with Gasteiger partial charge in [-0.2, -0.15) is 0 Å². The van der Waals surface area contributed by atoms with Gasteiger partial charge in [0, 0.05) is 11.7 Å². The second-order valence-electron chi connectivity index (χ2n) is 7.29. The third-order valence-electron chi connectivity index (χ3n) is 4.02. The maximum absolute atomic E-state index is 11.9. The van der Waals surface area contributed by atoms with Gasteiger partial charge in [-0.1, -0.05) is 19.4 Å². The molecule has 0 spiro atoms. The molecule has 23 heavy (non-hydrogen) atoms. The Bertz CT molecular complexity index is 535. The maximum atomic E-state index is 11.9. The predicted octanol–water partition coefficient (Wildman–Crippen LogP) is 4.80. The highest BCUT2D eigenvalue weighted by atomic mass is 16.6. The minimum atomic E-state index is -0.480. The fraction of sp³-hybridized carbons (Fsp3) is 0.632. The van der Waals surface area contributed by atoms with E-state index in [1.807, 2.05) is 26.8 Å². The molecule has 1 aliphatic carbocycles. The third kappa shape index (κ3) is 5.54. The average Bonchev–Trinajstić information content (AvgIpc) is 2.45. The van der Waals surface area contributed by atoms with Crippen molar-refractivity contribution in [3.63, 3.8) is 0 Å². The van der Waals surface area contributed by atoms with Crippen LogP contribution in [-0.4, -0.2) is 18.2 Å². The number of rotatable bonds is 5. The second-order valence-corrected chi connectivity index (χ2v) is 7.29. The molecule has 0 saturated heterocycles. The topological polar surface area (TPSA) is 50.4 Å². The molecule has 128 valence electrons. The second kappa shape index (κ2) is 7.82. The first-order chi connectivity index (χ1) is 10.9. The zero-order valence-electron chi connectivity index (χ0n) is 14.9. The van der Waals surface area contributed by atoms with Crippen LogP contribution < -0.4 is 10.6 Å². The maximum Gasteiger partial charge on any atom is 0.412 e. The molecule has 1 atom stereocenters. The SMILES string of the molecule is CCCCNC1CCCc2cc(NC(=O)OC(C)(C)C)ccc21. The molecule has 1 aromatic carbocycles. The number of hydrogen-bond acceptors (Lipinski definition) is 3. The monoisotopic (exact) mass is 318 g/mol. The van der Waals surface area contributed by atoms with Gasteiger partial charge in [0.2, 0.25) is 0 Å². The van der Waals surface area contributed by atoms with Crippen LogP contribution in [0.5, 0.6) is 0 Å². The fourth-order valence-corrected chi connectivity index (χ4v) is 2.98. The highest BCUT2D eigenvalue weighted by Gasteiger charge is 2.21. The van der Waals surface area contributed by atoms with Gasteiger partial charge in [0.05, 0.1) is 0 Å². The quantitative estimate of drug-likeness (QED) is 0.767. The lowest BCUT2D eigenvalue weighted by molar-refractivity contribution is 0.0636. The number of hydrogen-bond donors (Lipinski definition) is 2. The van der Waals surface area contributed by atoms with Crippen molar-refractivity contribution in [2.75, 3.05) is 11.9 Å². The van der Waals surface area contributed by atoms with Crippen LogP contribution in [0.15, 0.2) is 18.2 Å². The summed E-state index contributed by atoms with van der Waals surface area (Å²) in [4.78, 5) is 11.9. The Morgan fingerprint density at radius 2 is 2.13 bits per heavy atom. The Balaban J connectivity index is 2.02. The molecule has 1 aliphatic rings. The molecule has 0 aromatic heterocycles. The lowest BCUT2D eigenvalue weighted by atomic mass is 9.87. The van der Waals surface area contributed by atoms with Crippen LogP contribution in [0.4, 0.5) is 10.5 Å². The van der Waals surface area contributed by atoms with E-state index in [-0.39, 0.29) is 0 Å². The van der Waals surface area contributed by atoms with Gasteiger partial charge in [0.15, 0.2) is 0 Å². The number of amides is 1. The number of benzene rings is 1. The van der Waals surface area contributed by atoms with E-state index in [9.17, 15) is 4.79 Å². The van der Waals surface area contributed by atoms with Gasteiger partial charge < -0.3 is 10.1 Å². The molecular formula is C19H30N2O2. The zero-order chi connectivity index (χ0) is 16.9. The Hall–Kier alpha value is -1.55. The molecule has 0 radical (unpaired) electrons. The van der Waals surface area contributed by atoms with Crippen molar-refractivity contribution in [2.24, 2.45) is 0 Å². The van der Waals surface area contributed by atoms with Crippen molar-refractivity contribution < 1.29 is 9.53 Å². The van der Waals surface area contributed by atoms with Crippen molar-refractivity contribution in [1.82, 2.24) is 5.32 Å². The van der Waals surface area contributed by atoms with Crippen LogP contribution in [-0.2, 0) is 11.2 Å². The van der Waals surface area contributed by atoms with Crippen molar-refractivity contribution in [1.29, 1.82) is 0 Å². The summed E-state index contributed by atoms with van der Waals surface area (Å²) in [5, 5.41) is 6.49. The number of carbonyl (C=O) groups is 1. The number of fused-ring (bicyclic) bond motifs is 1. The summed E-state index contributed by atoms with van der Waals surface area (Å²) in [5.41, 5.74) is 3.04. The van der Waals surface area contributed by atoms with Crippen LogP contribution in [0.2, 0.25) is 0 Å². The smallest absolute Gasteiger partial charge is 0.412 e. The van der Waals surface area contributed by atoms with Crippen molar-refractivity contribution in [3.05, 3.63) is 29.3 Å². The molecule has 2 rings (SSSR count). The van der Waals surface area contributed by atoms with E-state index in [0.29, 0.717) is 6.04 Å². The zero-order valence-corrected chi connectivity index (χ0v) is 14.9. The largest absolute Gasteiger partial charge is 0.444 e. The molecule has 4 heteroatoms. The third-order valence-corrected chi connectivity index (χ3v) is 4.02. The van der Waals surface area contributed by atoms with E-state index in [2.05, 4.69) is 29.7 Å². The highest BCUT2D eigenvalue weighted by molar-refractivity contribution is 5.85. The number of anilines is 1. The summed E-state index contributed by atoms with van der Waals surface area (Å²) in [6.45, 7) is 8.88. The van der Waals surface area contributed by atoms with Gasteiger partial charge >= 0.3 is 6.09 Å². The average molecular weight is 318 g/mol. The predicted molar refractivity (Wildman–Crippen MR) is 94.9 cm³/mol. The molecule has 4 nitrogen and oxygen atoms in total. The summed E-state index contributed by atoms with van der Waals surface area (Å²) >= 11 is 0. The summed E-state index contributed by atoms with van der Waals surface area (Å²) in [6.07, 6.45) is 5.48. The van der Waals surface area contributed by atoms with E-state index in [1.54, 1.807) is 0 Å². The molecule has 0 saturated carbocycles. The van der Waals surface area contributed by atoms with Crippen molar-refractivity contribution in [2.45, 2.75) is 71.4 Å². The lowest BCUT2D eigenvalue weighted by Gasteiger charge is -2.27. The van der Waals surface area contributed by atoms with E-state index < -0.39 is 11.7 Å². The molecule has 0 heterocycles. The number of nitrogens with one attached hydrogen (secondary N) is 2. The normalized spacial score (nSPS) is 17.5. The van der Waals surface area contributed by atoms with Gasteiger partial charge in [-0.3, -0.25) is 5.32 Å². The summed E-state index contributed by atoms with van der Waals surface area (Å²) in [7, 11) is 0. The van der Waals surface area contributed by atoms with Crippen LogP contribution >= 0.6 is 0 Å². The van der Waals surface area contributed by atoms with Gasteiger partial charge in [-0.25, -0.2) is 4.79 Å². The van der Waals surface area contributed by atoms with Crippen molar-refractivity contribution >= 4 is 11.8 Å². The Labute approximate surface area is 140 Å². The van der Waals surface area contributed by atoms with Gasteiger partial charge in [-0.15, -0.1) is 0 Å². The Morgan fingerprint density at radius 3 is 2.83 bits per heavy atom. The highest BCUT2D eigenvalue weighted by Crippen LogP contribution is 2.31. The van der Waals surface area contributed by atoms with Crippen LogP contribution in [0.1, 0.15) is 70.5 Å². The first-order valence-corrected chi connectivity index (χ1v) is 8.75. The molecule has 0 fully saturated rings. The summed E-state index contributed by atoms with van der Waals surface area (Å²) in [5.74, 6) is 0. The fourth-order valence-electron chi connectivity index (χ4n) is 2.98. The van der Waals surface area contributed by atoms with E-state index in [4.69, 9.17) is 4.74 Å². The number of carbonyl (C=O) groups excluding carboxylic acids is 1. The van der Waals surface area contributed by atoms with Crippen LogP contribution in [0, 0.1) is 0 Å². The number of ether oxygens (including phenoxy) is 1. The Morgan fingerprint density at radius 1 is 1.35 bits per heavy atom. The Kier molecular flexibility index (Phi) is 6.05. The van der Waals surface area contributed by atoms with Gasteiger partial charge in [-0.05, 0) is 76.3 Å². The molecule has 0 aliphatic heterocycles. The minimum absolute atomic E-state index is 0.397. The molecule has 2 N–H and O–H groups in total. The molecular weight excluding hydrogens is 288 g/mol. The first-order valence-electron chi connectivity index (χ1n) is 8.75. The van der Waals surface area contributed by atoms with Crippen LogP contribution in [0.3, 0.4) is 0 Å². The number of aryl methyl sites for hydroxylation is 1. The first kappa shape index (κ1) is 17.8. The van der Waals surface area contributed by atoms with Gasteiger partial charge in [0.1, 0.15) is 5.60 Å². The minimum Gasteiger partial charge on any atom is -0.444 e. The summed E-state index contributed by atoms with van der Waals surface area (Å²) in [6, 6.07) is 6.65. The van der Waals surface area contributed by atoms with E-state index in [1.165, 1.54) is 36.8 Å². The van der Waals surface area contributed by atoms with Crippen LogP contribution in [0.25, 0.3) is 0 Å². The van der Waals surface area contributed by atoms with Gasteiger partial charge in [0.25, 0.3) is 0 Å². The van der Waals surface area contributed by atoms with Crippen molar-refractivity contribution in [3.8, 4) is 0 Å². The molecule has 1 aromatic rings. The summed E-state index contributed by atoms with van der Waals surface area (Å²) < 4.78 is 5.31. The van der Waals surface area contributed by atoms with E-state index in [0.717, 1.165) is 18.7 Å². The standard InChI is InChI=1S/C19H30N2O2/c1-5-6-12-20-17-9-7-8-14-13-15(10-11-16(14)17)21-18(22)23-19(2,3)4/h10-11,13,17,20H,5-9,12H2,1-4H3,(H,21,22). The molecule has 1 unspecified atom stereocenters. The lowest BCUT2D eigenvalue weighted by Crippen LogP contribution is -2.28. The molecule has 0 bridgehead atoms. The van der Waals surface area contributed by atoms with E-state index >= 15 is 0 Å².